The molecule has 1 aliphatic heterocycles. The number of hydrogen-bond donors (Lipinski definition) is 0. The quantitative estimate of drug-likeness (QED) is 0.280. The third-order valence-electron chi connectivity index (χ3n) is 5.80. The zero-order chi connectivity index (χ0) is 23.3. The molecule has 3 aromatic carbocycles. The number of nitro groups is 1. The zero-order valence-corrected chi connectivity index (χ0v) is 18.4. The number of rotatable bonds is 4. The van der Waals surface area contributed by atoms with Crippen LogP contribution in [-0.2, 0) is 4.74 Å². The van der Waals surface area contributed by atoms with Crippen molar-refractivity contribution in [1.82, 2.24) is 0 Å². The number of allylic oxidation sites excluding steroid dienone is 1. The van der Waals surface area contributed by atoms with Crippen LogP contribution in [-0.4, -0.2) is 28.4 Å². The first-order chi connectivity index (χ1) is 15.9. The van der Waals surface area contributed by atoms with Crippen molar-refractivity contribution in [3.05, 3.63) is 121 Å². The Morgan fingerprint density at radius 2 is 1.58 bits per heavy atom. The third kappa shape index (κ3) is 3.39. The summed E-state index contributed by atoms with van der Waals surface area (Å²) in [7, 11) is 0. The molecule has 0 spiro atoms. The molecule has 0 radical (unpaired) electrons. The third-order valence-corrected chi connectivity index (χ3v) is 6.33. The van der Waals surface area contributed by atoms with Crippen molar-refractivity contribution in [3.63, 3.8) is 0 Å². The highest BCUT2D eigenvalue weighted by Gasteiger charge is 2.50. The summed E-state index contributed by atoms with van der Waals surface area (Å²) >= 11 is 3.37. The number of halogens is 1. The fourth-order valence-corrected chi connectivity index (χ4v) is 4.54. The molecule has 0 aromatic heterocycles. The van der Waals surface area contributed by atoms with Crippen LogP contribution in [0, 0.1) is 10.1 Å². The van der Waals surface area contributed by atoms with E-state index in [-0.39, 0.29) is 39.5 Å². The van der Waals surface area contributed by atoms with Crippen molar-refractivity contribution in [3.8, 4) is 0 Å². The molecule has 0 saturated carbocycles. The predicted octanol–water partition coefficient (Wildman–Crippen LogP) is 5.06. The van der Waals surface area contributed by atoms with Crippen LogP contribution < -0.4 is 0 Å². The van der Waals surface area contributed by atoms with Gasteiger partial charge in [0, 0.05) is 33.3 Å². The molecule has 0 fully saturated rings. The predicted molar refractivity (Wildman–Crippen MR) is 121 cm³/mol. The standard InChI is InChI=1S/C25H14BrNO6/c26-15-10-8-13(9-11-15)19-20-22(29)17-6-1-2-7-18(17)23(30)25(20)33-24(19)21(28)14-4-3-5-16(12-14)27(31)32/h1-12,19,24H/t19-,24-/m0/s1. The fraction of sp³-hybridized carbons (Fsp3) is 0.0800. The lowest BCUT2D eigenvalue weighted by atomic mass is 9.78. The molecular weight excluding hydrogens is 490 g/mol. The lowest BCUT2D eigenvalue weighted by Gasteiger charge is -2.21. The van der Waals surface area contributed by atoms with E-state index in [0.717, 1.165) is 4.47 Å². The summed E-state index contributed by atoms with van der Waals surface area (Å²) in [6, 6.07) is 18.8. The Morgan fingerprint density at radius 1 is 0.909 bits per heavy atom. The van der Waals surface area contributed by atoms with Gasteiger partial charge in [-0.2, -0.15) is 0 Å². The van der Waals surface area contributed by atoms with Gasteiger partial charge in [0.25, 0.3) is 5.69 Å². The van der Waals surface area contributed by atoms with E-state index in [0.29, 0.717) is 5.56 Å². The van der Waals surface area contributed by atoms with Gasteiger partial charge < -0.3 is 4.74 Å². The van der Waals surface area contributed by atoms with Crippen molar-refractivity contribution in [1.29, 1.82) is 0 Å². The molecule has 8 heteroatoms. The monoisotopic (exact) mass is 503 g/mol. The van der Waals surface area contributed by atoms with Crippen molar-refractivity contribution in [2.24, 2.45) is 0 Å². The van der Waals surface area contributed by atoms with E-state index in [1.807, 2.05) is 0 Å². The first-order valence-corrected chi connectivity index (χ1v) is 10.8. The molecule has 1 aliphatic carbocycles. The van der Waals surface area contributed by atoms with Crippen LogP contribution in [0.2, 0.25) is 0 Å². The van der Waals surface area contributed by atoms with Crippen molar-refractivity contribution >= 4 is 39.0 Å². The topological polar surface area (TPSA) is 104 Å². The minimum absolute atomic E-state index is 0.0635. The number of non-ortho nitro benzene ring substituents is 1. The number of ketones is 3. The van der Waals surface area contributed by atoms with E-state index >= 15 is 0 Å². The van der Waals surface area contributed by atoms with Gasteiger partial charge in [-0.15, -0.1) is 0 Å². The fourth-order valence-electron chi connectivity index (χ4n) is 4.27. The maximum Gasteiger partial charge on any atom is 0.270 e. The van der Waals surface area contributed by atoms with Crippen molar-refractivity contribution < 1.29 is 24.0 Å². The van der Waals surface area contributed by atoms with Crippen LogP contribution in [0.5, 0.6) is 0 Å². The Morgan fingerprint density at radius 3 is 2.24 bits per heavy atom. The van der Waals surface area contributed by atoms with Gasteiger partial charge >= 0.3 is 0 Å². The minimum Gasteiger partial charge on any atom is -0.477 e. The Kier molecular flexibility index (Phi) is 5.02. The summed E-state index contributed by atoms with van der Waals surface area (Å²) in [5, 5.41) is 11.2. The van der Waals surface area contributed by atoms with E-state index in [2.05, 4.69) is 15.9 Å². The zero-order valence-electron chi connectivity index (χ0n) is 16.9. The molecule has 1 heterocycles. The molecule has 162 valence electrons. The summed E-state index contributed by atoms with van der Waals surface area (Å²) in [6.45, 7) is 0. The molecule has 0 bridgehead atoms. The second kappa shape index (κ2) is 7.90. The molecular formula is C25H14BrNO6. The first-order valence-electron chi connectivity index (χ1n) is 10.00. The lowest BCUT2D eigenvalue weighted by molar-refractivity contribution is -0.384. The van der Waals surface area contributed by atoms with Crippen LogP contribution in [0.25, 0.3) is 0 Å². The molecule has 3 aromatic rings. The van der Waals surface area contributed by atoms with Gasteiger partial charge in [-0.05, 0) is 17.7 Å². The van der Waals surface area contributed by atoms with Crippen LogP contribution in [0.15, 0.2) is 88.6 Å². The van der Waals surface area contributed by atoms with Crippen LogP contribution in [0.4, 0.5) is 5.69 Å². The van der Waals surface area contributed by atoms with Gasteiger partial charge in [-0.25, -0.2) is 0 Å². The minimum atomic E-state index is -1.22. The molecule has 0 N–H and O–H groups in total. The number of Topliss-reactive ketones (excluding diaryl/α,β-unsaturated/α-hetero) is 3. The van der Waals surface area contributed by atoms with Gasteiger partial charge in [-0.3, -0.25) is 24.5 Å². The SMILES string of the molecule is O=C1C2=C(C(=O)c3ccccc31)[C@H](c1ccc(Br)cc1)[C@@H](C(=O)c1cccc([N+](=O)[O-])c1)O2. The van der Waals surface area contributed by atoms with Gasteiger partial charge in [0.2, 0.25) is 11.6 Å². The Bertz CT molecular complexity index is 1390. The van der Waals surface area contributed by atoms with E-state index in [1.165, 1.54) is 24.3 Å². The second-order valence-corrected chi connectivity index (χ2v) is 8.60. The number of hydrogen-bond acceptors (Lipinski definition) is 6. The number of benzene rings is 3. The molecule has 5 rings (SSSR count). The molecule has 7 nitrogen and oxygen atoms in total. The highest BCUT2D eigenvalue weighted by Crippen LogP contribution is 2.46. The first kappa shape index (κ1) is 21.0. The average molecular weight is 504 g/mol. The van der Waals surface area contributed by atoms with Crippen LogP contribution in [0.3, 0.4) is 0 Å². The normalized spacial score (nSPS) is 19.1. The number of carbonyl (C=O) groups excluding carboxylic acids is 3. The highest BCUT2D eigenvalue weighted by molar-refractivity contribution is 9.10. The second-order valence-electron chi connectivity index (χ2n) is 7.69. The number of fused-ring (bicyclic) bond motifs is 1. The maximum atomic E-state index is 13.5. The maximum absolute atomic E-state index is 13.5. The summed E-state index contributed by atoms with van der Waals surface area (Å²) in [5.41, 5.74) is 1.05. The summed E-state index contributed by atoms with van der Waals surface area (Å²) < 4.78 is 6.70. The smallest absolute Gasteiger partial charge is 0.270 e. The molecule has 0 saturated heterocycles. The van der Waals surface area contributed by atoms with E-state index in [1.54, 1.807) is 48.5 Å². The van der Waals surface area contributed by atoms with E-state index in [9.17, 15) is 24.5 Å². The van der Waals surface area contributed by atoms with Crippen molar-refractivity contribution in [2.75, 3.05) is 0 Å². The largest absolute Gasteiger partial charge is 0.477 e. The van der Waals surface area contributed by atoms with Gasteiger partial charge in [0.05, 0.1) is 16.4 Å². The van der Waals surface area contributed by atoms with Crippen LogP contribution >= 0.6 is 15.9 Å². The average Bonchev–Trinajstić information content (AvgIpc) is 3.24. The number of nitro benzene ring substituents is 1. The summed E-state index contributed by atoms with van der Waals surface area (Å²) in [6.07, 6.45) is -1.22. The van der Waals surface area contributed by atoms with E-state index in [4.69, 9.17) is 4.74 Å². The highest BCUT2D eigenvalue weighted by atomic mass is 79.9. The number of ether oxygens (including phenoxy) is 1. The molecule has 2 aliphatic rings. The van der Waals surface area contributed by atoms with Gasteiger partial charge in [0.1, 0.15) is 0 Å². The molecule has 0 unspecified atom stereocenters. The number of carbonyl (C=O) groups is 3. The number of nitrogens with zero attached hydrogens (tertiary/aromatic N) is 1. The molecule has 33 heavy (non-hydrogen) atoms. The summed E-state index contributed by atoms with van der Waals surface area (Å²) in [5.74, 6) is -2.37. The Hall–Kier alpha value is -3.91. The molecule has 2 atom stereocenters. The van der Waals surface area contributed by atoms with Gasteiger partial charge in [-0.1, -0.05) is 64.5 Å². The van der Waals surface area contributed by atoms with Gasteiger partial charge in [0.15, 0.2) is 17.6 Å². The Labute approximate surface area is 196 Å². The summed E-state index contributed by atoms with van der Waals surface area (Å²) in [4.78, 5) is 50.7. The molecule has 0 amide bonds. The lowest BCUT2D eigenvalue weighted by Crippen LogP contribution is -2.28. The van der Waals surface area contributed by atoms with Crippen molar-refractivity contribution in [2.45, 2.75) is 12.0 Å². The van der Waals surface area contributed by atoms with Crippen LogP contribution in [0.1, 0.15) is 42.6 Å². The van der Waals surface area contributed by atoms with E-state index < -0.39 is 28.5 Å². The Balaban J connectivity index is 1.64.